The van der Waals surface area contributed by atoms with Crippen LogP contribution in [0.1, 0.15) is 30.7 Å². The number of benzene rings is 2. The predicted octanol–water partition coefficient (Wildman–Crippen LogP) is 2.11. The number of fused-ring (bicyclic) bond motifs is 1. The number of carbonyl (C=O) groups is 2. The molecule has 1 saturated heterocycles. The van der Waals surface area contributed by atoms with Gasteiger partial charge in [0.2, 0.25) is 11.7 Å². The molecule has 2 aromatic rings. The first-order chi connectivity index (χ1) is 15.0. The number of anilines is 1. The lowest BCUT2D eigenvalue weighted by molar-refractivity contribution is -0.133. The Bertz CT molecular complexity index is 1110. The summed E-state index contributed by atoms with van der Waals surface area (Å²) >= 11 is 0. The lowest BCUT2D eigenvalue weighted by atomic mass is 9.96. The van der Waals surface area contributed by atoms with Crippen molar-refractivity contribution in [3.8, 4) is 0 Å². The maximum atomic E-state index is 13.2. The molecule has 8 nitrogen and oxygen atoms in total. The molecule has 1 unspecified atom stereocenters. The second-order valence-corrected chi connectivity index (χ2v) is 9.17. The first-order valence-corrected chi connectivity index (χ1v) is 11.7. The molecule has 0 bridgehead atoms. The van der Waals surface area contributed by atoms with Crippen molar-refractivity contribution in [1.29, 1.82) is 0 Å². The van der Waals surface area contributed by atoms with Gasteiger partial charge in [-0.15, -0.1) is 4.40 Å². The summed E-state index contributed by atoms with van der Waals surface area (Å²) in [4.78, 5) is 27.8. The molecule has 9 heteroatoms. The molecule has 162 valence electrons. The van der Waals surface area contributed by atoms with Gasteiger partial charge in [0.1, 0.15) is 4.90 Å². The third kappa shape index (κ3) is 4.61. The standard InChI is InChI=1S/C22H24N4O4S/c27-21(20-24-18-11-5-6-12-19(18)31(29,30)25-20)23-15-17(16-9-3-1-4-10-16)22(28)26-13-7-2-8-14-26/h1,3-6,9-12,17H,2,7-8,13-15H2,(H,23,27)(H,24,25). The summed E-state index contributed by atoms with van der Waals surface area (Å²) < 4.78 is 28.4. The van der Waals surface area contributed by atoms with Crippen LogP contribution in [0.15, 0.2) is 63.9 Å². The highest BCUT2D eigenvalue weighted by atomic mass is 32.2. The molecular formula is C22H24N4O4S. The van der Waals surface area contributed by atoms with Crippen LogP contribution in [0.3, 0.4) is 0 Å². The van der Waals surface area contributed by atoms with Crippen LogP contribution < -0.4 is 10.6 Å². The van der Waals surface area contributed by atoms with Gasteiger partial charge in [-0.25, -0.2) is 0 Å². The van der Waals surface area contributed by atoms with Crippen LogP contribution in [0, 0.1) is 0 Å². The third-order valence-electron chi connectivity index (χ3n) is 5.48. The van der Waals surface area contributed by atoms with E-state index in [0.29, 0.717) is 18.8 Å². The summed E-state index contributed by atoms with van der Waals surface area (Å²) in [5, 5.41) is 5.47. The number of amides is 2. The fourth-order valence-electron chi connectivity index (χ4n) is 3.86. The predicted molar refractivity (Wildman–Crippen MR) is 117 cm³/mol. The van der Waals surface area contributed by atoms with E-state index in [9.17, 15) is 18.0 Å². The molecule has 0 aromatic heterocycles. The lowest BCUT2D eigenvalue weighted by Crippen LogP contribution is -2.45. The number of hydrogen-bond acceptors (Lipinski definition) is 5. The monoisotopic (exact) mass is 440 g/mol. The van der Waals surface area contributed by atoms with E-state index in [1.165, 1.54) is 6.07 Å². The zero-order valence-electron chi connectivity index (χ0n) is 17.0. The van der Waals surface area contributed by atoms with Gasteiger partial charge in [0, 0.05) is 19.6 Å². The Kier molecular flexibility index (Phi) is 6.03. The largest absolute Gasteiger partial charge is 0.348 e. The first-order valence-electron chi connectivity index (χ1n) is 10.3. The number of likely N-dealkylation sites (tertiary alicyclic amines) is 1. The minimum Gasteiger partial charge on any atom is -0.348 e. The van der Waals surface area contributed by atoms with Gasteiger partial charge in [0.15, 0.2) is 0 Å². The first kappa shape index (κ1) is 21.0. The molecule has 2 aliphatic heterocycles. The van der Waals surface area contributed by atoms with E-state index in [2.05, 4.69) is 15.0 Å². The molecule has 2 heterocycles. The fraction of sp³-hybridized carbons (Fsp3) is 0.318. The van der Waals surface area contributed by atoms with Crippen molar-refractivity contribution in [2.45, 2.75) is 30.1 Å². The van der Waals surface area contributed by atoms with Crippen molar-refractivity contribution < 1.29 is 18.0 Å². The lowest BCUT2D eigenvalue weighted by Gasteiger charge is -2.31. The minimum absolute atomic E-state index is 0.0222. The smallest absolute Gasteiger partial charge is 0.287 e. The van der Waals surface area contributed by atoms with Crippen LogP contribution in [-0.4, -0.2) is 50.6 Å². The maximum Gasteiger partial charge on any atom is 0.287 e. The summed E-state index contributed by atoms with van der Waals surface area (Å²) in [6.45, 7) is 1.46. The number of carbonyl (C=O) groups excluding carboxylic acids is 2. The van der Waals surface area contributed by atoms with Crippen LogP contribution in [0.5, 0.6) is 0 Å². The van der Waals surface area contributed by atoms with Gasteiger partial charge >= 0.3 is 0 Å². The molecular weight excluding hydrogens is 416 g/mol. The molecule has 31 heavy (non-hydrogen) atoms. The Morgan fingerprint density at radius 2 is 1.68 bits per heavy atom. The molecule has 2 aliphatic rings. The molecule has 0 aliphatic carbocycles. The summed E-state index contributed by atoms with van der Waals surface area (Å²) in [6, 6.07) is 15.5. The Labute approximate surface area is 181 Å². The van der Waals surface area contributed by atoms with E-state index in [1.807, 2.05) is 35.2 Å². The maximum absolute atomic E-state index is 13.2. The van der Waals surface area contributed by atoms with Crippen molar-refractivity contribution >= 4 is 33.4 Å². The van der Waals surface area contributed by atoms with E-state index in [1.54, 1.807) is 18.2 Å². The van der Waals surface area contributed by atoms with Crippen molar-refractivity contribution in [2.24, 2.45) is 4.40 Å². The SMILES string of the molecule is O=C(NCC(C(=O)N1CCCCC1)c1ccccc1)C1=NS(=O)(=O)c2ccccc2N1. The van der Waals surface area contributed by atoms with E-state index in [-0.39, 0.29) is 23.2 Å². The molecule has 0 radical (unpaired) electrons. The summed E-state index contributed by atoms with van der Waals surface area (Å²) in [7, 11) is -3.97. The number of nitrogens with one attached hydrogen (secondary N) is 2. The highest BCUT2D eigenvalue weighted by Gasteiger charge is 2.30. The fourth-order valence-corrected chi connectivity index (χ4v) is 4.97. The van der Waals surface area contributed by atoms with Crippen molar-refractivity contribution in [3.63, 3.8) is 0 Å². The average Bonchev–Trinajstić information content (AvgIpc) is 2.80. The Hall–Kier alpha value is -3.20. The van der Waals surface area contributed by atoms with Crippen LogP contribution in [-0.2, 0) is 19.6 Å². The zero-order chi connectivity index (χ0) is 21.8. The summed E-state index contributed by atoms with van der Waals surface area (Å²) in [5.41, 5.74) is 1.10. The number of piperidine rings is 1. The molecule has 4 rings (SSSR count). The second-order valence-electron chi connectivity index (χ2n) is 7.60. The molecule has 0 spiro atoms. The van der Waals surface area contributed by atoms with Gasteiger partial charge in [-0.1, -0.05) is 42.5 Å². The third-order valence-corrected chi connectivity index (χ3v) is 6.81. The molecule has 1 fully saturated rings. The van der Waals surface area contributed by atoms with E-state index >= 15 is 0 Å². The normalized spacial score (nSPS) is 18.2. The van der Waals surface area contributed by atoms with Gasteiger partial charge in [0.25, 0.3) is 15.9 Å². The van der Waals surface area contributed by atoms with Crippen LogP contribution in [0.2, 0.25) is 0 Å². The van der Waals surface area contributed by atoms with E-state index in [0.717, 1.165) is 24.8 Å². The van der Waals surface area contributed by atoms with Crippen molar-refractivity contribution in [2.75, 3.05) is 25.0 Å². The van der Waals surface area contributed by atoms with Crippen molar-refractivity contribution in [1.82, 2.24) is 10.2 Å². The zero-order valence-corrected chi connectivity index (χ0v) is 17.8. The van der Waals surface area contributed by atoms with Crippen LogP contribution in [0.25, 0.3) is 0 Å². The highest BCUT2D eigenvalue weighted by Crippen LogP contribution is 2.26. The number of hydrogen-bond donors (Lipinski definition) is 2. The van der Waals surface area contributed by atoms with Gasteiger partial charge < -0.3 is 15.5 Å². The van der Waals surface area contributed by atoms with Crippen LogP contribution >= 0.6 is 0 Å². The van der Waals surface area contributed by atoms with Gasteiger partial charge in [0.05, 0.1) is 11.6 Å². The van der Waals surface area contributed by atoms with Gasteiger partial charge in [-0.2, -0.15) is 8.42 Å². The average molecular weight is 441 g/mol. The highest BCUT2D eigenvalue weighted by molar-refractivity contribution is 7.90. The number of amidine groups is 1. The van der Waals surface area contributed by atoms with Gasteiger partial charge in [-0.3, -0.25) is 9.59 Å². The Morgan fingerprint density at radius 1 is 1.00 bits per heavy atom. The minimum atomic E-state index is -3.97. The van der Waals surface area contributed by atoms with E-state index < -0.39 is 21.8 Å². The number of rotatable bonds is 5. The number of nitrogens with zero attached hydrogens (tertiary/aromatic N) is 2. The quantitative estimate of drug-likeness (QED) is 0.740. The molecule has 2 amide bonds. The van der Waals surface area contributed by atoms with Crippen LogP contribution in [0.4, 0.5) is 5.69 Å². The summed E-state index contributed by atoms with van der Waals surface area (Å²) in [5.74, 6) is -1.58. The number of para-hydroxylation sites is 1. The molecule has 0 saturated carbocycles. The Balaban J connectivity index is 1.51. The second kappa shape index (κ2) is 8.89. The van der Waals surface area contributed by atoms with E-state index in [4.69, 9.17) is 0 Å². The topological polar surface area (TPSA) is 108 Å². The molecule has 2 N–H and O–H groups in total. The molecule has 2 aromatic carbocycles. The number of sulfonamides is 1. The molecule has 1 atom stereocenters. The van der Waals surface area contributed by atoms with Crippen molar-refractivity contribution in [3.05, 3.63) is 60.2 Å². The summed E-state index contributed by atoms with van der Waals surface area (Å²) in [6.07, 6.45) is 3.05. The van der Waals surface area contributed by atoms with Gasteiger partial charge in [-0.05, 0) is 37.0 Å². The Morgan fingerprint density at radius 3 is 2.42 bits per heavy atom.